The van der Waals surface area contributed by atoms with Crippen molar-refractivity contribution in [3.8, 4) is 0 Å². The minimum absolute atomic E-state index is 0.662. The zero-order valence-electron chi connectivity index (χ0n) is 15.5. The van der Waals surface area contributed by atoms with Gasteiger partial charge in [-0.3, -0.25) is 0 Å². The number of aryl methyl sites for hydroxylation is 1. The fourth-order valence-electron chi connectivity index (χ4n) is 5.10. The number of allylic oxidation sites excluding steroid dienone is 2. The van der Waals surface area contributed by atoms with Crippen LogP contribution in [0.5, 0.6) is 0 Å². The molecule has 2 aliphatic carbocycles. The van der Waals surface area contributed by atoms with Gasteiger partial charge in [-0.05, 0) is 99.7 Å². The van der Waals surface area contributed by atoms with E-state index >= 15 is 0 Å². The minimum atomic E-state index is 0.662. The van der Waals surface area contributed by atoms with Gasteiger partial charge in [0.15, 0.2) is 0 Å². The molecule has 0 radical (unpaired) electrons. The first-order valence-electron chi connectivity index (χ1n) is 10.2. The lowest BCUT2D eigenvalue weighted by Crippen LogP contribution is -2.25. The molecule has 0 aliphatic heterocycles. The Bertz CT molecular complexity index is 561. The molecule has 0 heterocycles. The summed E-state index contributed by atoms with van der Waals surface area (Å²) >= 11 is 12.1. The van der Waals surface area contributed by atoms with E-state index in [2.05, 4.69) is 25.1 Å². The summed E-state index contributed by atoms with van der Waals surface area (Å²) in [4.78, 5) is 0. The molecule has 3 rings (SSSR count). The minimum Gasteiger partial charge on any atom is -0.0914 e. The van der Waals surface area contributed by atoms with Gasteiger partial charge in [-0.2, -0.15) is 0 Å². The maximum absolute atomic E-state index is 6.13. The van der Waals surface area contributed by atoms with Crippen molar-refractivity contribution in [3.63, 3.8) is 0 Å². The Kier molecular flexibility index (Phi) is 7.31. The molecule has 1 aromatic carbocycles. The number of hydrogen-bond acceptors (Lipinski definition) is 0. The molecule has 0 bridgehead atoms. The Labute approximate surface area is 164 Å². The highest BCUT2D eigenvalue weighted by Crippen LogP contribution is 2.42. The molecule has 0 atom stereocenters. The maximum atomic E-state index is 6.13. The van der Waals surface area contributed by atoms with Crippen LogP contribution in [0.2, 0.25) is 10.0 Å². The Balaban J connectivity index is 1.39. The Morgan fingerprint density at radius 2 is 1.52 bits per heavy atom. The van der Waals surface area contributed by atoms with Crippen LogP contribution in [0.3, 0.4) is 0 Å². The second kappa shape index (κ2) is 9.47. The van der Waals surface area contributed by atoms with Crippen molar-refractivity contribution >= 4 is 23.2 Å². The van der Waals surface area contributed by atoms with E-state index in [1.165, 1.54) is 63.4 Å². The van der Waals surface area contributed by atoms with E-state index < -0.39 is 0 Å². The molecular weight excluding hydrogens is 347 g/mol. The molecule has 0 nitrogen and oxygen atoms in total. The number of benzene rings is 1. The van der Waals surface area contributed by atoms with Crippen LogP contribution in [0.4, 0.5) is 0 Å². The molecule has 2 fully saturated rings. The molecule has 2 saturated carbocycles. The normalized spacial score (nSPS) is 30.7. The molecule has 0 amide bonds. The zero-order valence-corrected chi connectivity index (χ0v) is 17.0. The quantitative estimate of drug-likeness (QED) is 0.453. The van der Waals surface area contributed by atoms with Crippen LogP contribution in [-0.2, 0) is 6.42 Å². The van der Waals surface area contributed by atoms with Crippen LogP contribution < -0.4 is 0 Å². The average molecular weight is 379 g/mol. The molecule has 0 saturated heterocycles. The van der Waals surface area contributed by atoms with E-state index in [0.717, 1.165) is 30.1 Å². The van der Waals surface area contributed by atoms with E-state index in [1.807, 2.05) is 12.1 Å². The molecule has 25 heavy (non-hydrogen) atoms. The van der Waals surface area contributed by atoms with Gasteiger partial charge in [-0.15, -0.1) is 0 Å². The summed E-state index contributed by atoms with van der Waals surface area (Å²) in [6, 6.07) is 6.10. The monoisotopic (exact) mass is 378 g/mol. The van der Waals surface area contributed by atoms with Crippen molar-refractivity contribution in [2.45, 2.75) is 71.1 Å². The number of hydrogen-bond donors (Lipinski definition) is 0. The van der Waals surface area contributed by atoms with Gasteiger partial charge in [0.05, 0.1) is 10.0 Å². The summed E-state index contributed by atoms with van der Waals surface area (Å²) in [5.74, 6) is 3.79. The highest BCUT2D eigenvalue weighted by Gasteiger charge is 2.30. The lowest BCUT2D eigenvalue weighted by Gasteiger charge is -2.37. The van der Waals surface area contributed by atoms with E-state index in [1.54, 1.807) is 0 Å². The van der Waals surface area contributed by atoms with Crippen molar-refractivity contribution < 1.29 is 0 Å². The first kappa shape index (κ1) is 19.3. The smallest absolute Gasteiger partial charge is 0.0595 e. The van der Waals surface area contributed by atoms with Gasteiger partial charge in [-0.25, -0.2) is 0 Å². The Morgan fingerprint density at radius 3 is 2.12 bits per heavy atom. The van der Waals surface area contributed by atoms with Gasteiger partial charge in [0.1, 0.15) is 0 Å². The van der Waals surface area contributed by atoms with E-state index in [9.17, 15) is 0 Å². The molecule has 0 aromatic heterocycles. The van der Waals surface area contributed by atoms with Crippen LogP contribution >= 0.6 is 23.2 Å². The molecular formula is C23H32Cl2. The second-order valence-electron chi connectivity index (χ2n) is 8.27. The SMILES string of the molecule is CC=C[C@H]1CC[C@H]([C@H]2CC[C@H](CCc3ccc(Cl)c(Cl)c3)CC2)CC1. The maximum Gasteiger partial charge on any atom is 0.0595 e. The summed E-state index contributed by atoms with van der Waals surface area (Å²) < 4.78 is 0. The predicted octanol–water partition coefficient (Wildman–Crippen LogP) is 8.11. The van der Waals surface area contributed by atoms with Gasteiger partial charge in [0.25, 0.3) is 0 Å². The largest absolute Gasteiger partial charge is 0.0914 e. The Morgan fingerprint density at radius 1 is 0.880 bits per heavy atom. The lowest BCUT2D eigenvalue weighted by molar-refractivity contribution is 0.152. The lowest BCUT2D eigenvalue weighted by atomic mass is 9.68. The number of rotatable bonds is 5. The molecule has 2 aliphatic rings. The fourth-order valence-corrected chi connectivity index (χ4v) is 5.42. The van der Waals surface area contributed by atoms with Crippen LogP contribution in [0, 0.1) is 23.7 Å². The first-order valence-corrected chi connectivity index (χ1v) is 11.0. The van der Waals surface area contributed by atoms with Crippen molar-refractivity contribution in [1.29, 1.82) is 0 Å². The van der Waals surface area contributed by atoms with Gasteiger partial charge < -0.3 is 0 Å². The molecule has 2 heteroatoms. The van der Waals surface area contributed by atoms with Gasteiger partial charge >= 0.3 is 0 Å². The first-order chi connectivity index (χ1) is 12.2. The fraction of sp³-hybridized carbons (Fsp3) is 0.652. The molecule has 0 spiro atoms. The summed E-state index contributed by atoms with van der Waals surface area (Å²) in [6.45, 7) is 2.16. The summed E-state index contributed by atoms with van der Waals surface area (Å²) in [5.41, 5.74) is 1.33. The van der Waals surface area contributed by atoms with E-state index in [0.29, 0.717) is 10.0 Å². The van der Waals surface area contributed by atoms with Crippen molar-refractivity contribution in [1.82, 2.24) is 0 Å². The third-order valence-electron chi connectivity index (χ3n) is 6.66. The van der Waals surface area contributed by atoms with Crippen molar-refractivity contribution in [2.24, 2.45) is 23.7 Å². The summed E-state index contributed by atoms with van der Waals surface area (Å²) in [7, 11) is 0. The second-order valence-corrected chi connectivity index (χ2v) is 9.08. The highest BCUT2D eigenvalue weighted by atomic mass is 35.5. The van der Waals surface area contributed by atoms with Gasteiger partial charge in [0, 0.05) is 0 Å². The van der Waals surface area contributed by atoms with Gasteiger partial charge in [-0.1, -0.05) is 54.3 Å². The van der Waals surface area contributed by atoms with Crippen LogP contribution in [0.25, 0.3) is 0 Å². The van der Waals surface area contributed by atoms with Crippen LogP contribution in [0.15, 0.2) is 30.4 Å². The van der Waals surface area contributed by atoms with Crippen molar-refractivity contribution in [3.05, 3.63) is 46.0 Å². The highest BCUT2D eigenvalue weighted by molar-refractivity contribution is 6.42. The predicted molar refractivity (Wildman–Crippen MR) is 110 cm³/mol. The topological polar surface area (TPSA) is 0 Å². The van der Waals surface area contributed by atoms with Crippen LogP contribution in [0.1, 0.15) is 70.3 Å². The zero-order chi connectivity index (χ0) is 17.6. The third-order valence-corrected chi connectivity index (χ3v) is 7.40. The van der Waals surface area contributed by atoms with Gasteiger partial charge in [0.2, 0.25) is 0 Å². The van der Waals surface area contributed by atoms with Crippen LogP contribution in [-0.4, -0.2) is 0 Å². The standard InChI is InChI=1S/C23H32Cl2/c1-2-3-17-6-11-20(12-7-17)21-13-8-18(9-14-21)4-5-19-10-15-22(24)23(25)16-19/h2-3,10,15-18,20-21H,4-9,11-14H2,1H3/t17-,18-,20-,21-. The number of halogens is 2. The van der Waals surface area contributed by atoms with Crippen molar-refractivity contribution in [2.75, 3.05) is 0 Å². The summed E-state index contributed by atoms with van der Waals surface area (Å²) in [5, 5.41) is 1.35. The molecule has 138 valence electrons. The summed E-state index contributed by atoms with van der Waals surface area (Å²) in [6.07, 6.45) is 18.7. The molecule has 0 unspecified atom stereocenters. The van der Waals surface area contributed by atoms with E-state index in [4.69, 9.17) is 23.2 Å². The Hall–Kier alpha value is -0.460. The third kappa shape index (κ3) is 5.51. The molecule has 1 aromatic rings. The molecule has 0 N–H and O–H groups in total. The average Bonchev–Trinajstić information content (AvgIpc) is 2.64. The van der Waals surface area contributed by atoms with E-state index in [-0.39, 0.29) is 0 Å².